The maximum atomic E-state index is 12.9. The van der Waals surface area contributed by atoms with Crippen LogP contribution in [-0.2, 0) is 9.53 Å². The molecule has 1 heterocycles. The van der Waals surface area contributed by atoms with Gasteiger partial charge in [0.1, 0.15) is 23.3 Å². The predicted molar refractivity (Wildman–Crippen MR) is 133 cm³/mol. The number of aromatic nitrogens is 1. The topological polar surface area (TPSA) is 116 Å². The molecule has 1 aromatic heterocycles. The number of methoxy groups -OCH3 is 3. The standard InChI is InChI=1S/C27H28N2O7/c1-16(29-26(31)24-25(30)22(35-5)14-15-28-24)27(32)36-17(2)23(18-6-10-20(33-3)11-7-18)19-8-12-21(34-4)13-9-19/h6-16,30H,1-5H3,(H,29,31)/t16-/m0/s1. The van der Waals surface area contributed by atoms with E-state index in [4.69, 9.17) is 18.9 Å². The van der Waals surface area contributed by atoms with E-state index in [1.165, 1.54) is 26.3 Å². The summed E-state index contributed by atoms with van der Waals surface area (Å²) in [6.45, 7) is 3.15. The van der Waals surface area contributed by atoms with Crippen molar-refractivity contribution < 1.29 is 33.6 Å². The second kappa shape index (κ2) is 11.7. The largest absolute Gasteiger partial charge is 0.503 e. The average Bonchev–Trinajstić information content (AvgIpc) is 2.89. The Morgan fingerprint density at radius 3 is 1.86 bits per heavy atom. The van der Waals surface area contributed by atoms with E-state index in [1.54, 1.807) is 21.1 Å². The fourth-order valence-electron chi connectivity index (χ4n) is 3.47. The molecule has 1 atom stereocenters. The lowest BCUT2D eigenvalue weighted by molar-refractivity contribution is -0.141. The zero-order valence-corrected chi connectivity index (χ0v) is 20.7. The number of esters is 1. The molecule has 0 radical (unpaired) electrons. The Kier molecular flexibility index (Phi) is 8.51. The lowest BCUT2D eigenvalue weighted by Crippen LogP contribution is -2.39. The molecular weight excluding hydrogens is 464 g/mol. The Bertz CT molecular complexity index is 1200. The molecule has 9 nitrogen and oxygen atoms in total. The third kappa shape index (κ3) is 5.93. The van der Waals surface area contributed by atoms with Gasteiger partial charge >= 0.3 is 5.97 Å². The maximum Gasteiger partial charge on any atom is 0.333 e. The summed E-state index contributed by atoms with van der Waals surface area (Å²) in [5.74, 6) is -0.0609. The number of carbonyl (C=O) groups excluding carboxylic acids is 2. The fourth-order valence-corrected chi connectivity index (χ4v) is 3.47. The number of benzene rings is 2. The molecule has 0 saturated carbocycles. The van der Waals surface area contributed by atoms with Crippen LogP contribution in [0.4, 0.5) is 0 Å². The summed E-state index contributed by atoms with van der Waals surface area (Å²) >= 11 is 0. The van der Waals surface area contributed by atoms with Gasteiger partial charge in [-0.2, -0.15) is 0 Å². The highest BCUT2D eigenvalue weighted by atomic mass is 16.5. The zero-order valence-electron chi connectivity index (χ0n) is 20.7. The van der Waals surface area contributed by atoms with E-state index in [0.717, 1.165) is 11.1 Å². The average molecular weight is 493 g/mol. The van der Waals surface area contributed by atoms with Gasteiger partial charge in [0.2, 0.25) is 0 Å². The Labute approximate surface area is 209 Å². The van der Waals surface area contributed by atoms with Crippen LogP contribution in [0.3, 0.4) is 0 Å². The minimum absolute atomic E-state index is 0.0905. The van der Waals surface area contributed by atoms with Crippen LogP contribution < -0.4 is 19.5 Å². The Hall–Kier alpha value is -4.53. The van der Waals surface area contributed by atoms with Crippen molar-refractivity contribution in [2.75, 3.05) is 21.3 Å². The van der Waals surface area contributed by atoms with Crippen LogP contribution >= 0.6 is 0 Å². The first-order valence-corrected chi connectivity index (χ1v) is 11.0. The number of hydrogen-bond acceptors (Lipinski definition) is 8. The van der Waals surface area contributed by atoms with E-state index in [1.807, 2.05) is 48.5 Å². The Morgan fingerprint density at radius 2 is 1.39 bits per heavy atom. The molecule has 36 heavy (non-hydrogen) atoms. The monoisotopic (exact) mass is 492 g/mol. The number of nitrogens with zero attached hydrogens (tertiary/aromatic N) is 1. The fraction of sp³-hybridized carbons (Fsp3) is 0.222. The molecule has 2 N–H and O–H groups in total. The molecule has 0 saturated heterocycles. The van der Waals surface area contributed by atoms with Crippen molar-refractivity contribution >= 4 is 17.4 Å². The Balaban J connectivity index is 1.86. The van der Waals surface area contributed by atoms with Crippen molar-refractivity contribution in [3.05, 3.63) is 83.4 Å². The molecule has 0 aliphatic rings. The second-order valence-electron chi connectivity index (χ2n) is 7.71. The highest BCUT2D eigenvalue weighted by molar-refractivity contribution is 5.98. The van der Waals surface area contributed by atoms with Gasteiger partial charge in [0.05, 0.1) is 21.3 Å². The number of amides is 1. The van der Waals surface area contributed by atoms with Crippen molar-refractivity contribution in [1.82, 2.24) is 10.3 Å². The SMILES string of the molecule is COc1ccc(C(=C(C)OC(=O)[C@H](C)NC(=O)c2nccc(OC)c2O)c2ccc(OC)cc2)cc1. The van der Waals surface area contributed by atoms with Crippen LogP contribution in [0, 0.1) is 0 Å². The van der Waals surface area contributed by atoms with Gasteiger partial charge in [0.25, 0.3) is 5.91 Å². The summed E-state index contributed by atoms with van der Waals surface area (Å²) in [5.41, 5.74) is 2.01. The lowest BCUT2D eigenvalue weighted by Gasteiger charge is -2.17. The molecule has 0 unspecified atom stereocenters. The molecule has 0 spiro atoms. The van der Waals surface area contributed by atoms with Gasteiger partial charge in [0, 0.05) is 17.8 Å². The number of hydrogen-bond donors (Lipinski definition) is 2. The van der Waals surface area contributed by atoms with E-state index in [-0.39, 0.29) is 11.4 Å². The van der Waals surface area contributed by atoms with Crippen molar-refractivity contribution in [3.63, 3.8) is 0 Å². The molecule has 3 aromatic rings. The maximum absolute atomic E-state index is 12.9. The van der Waals surface area contributed by atoms with Crippen LogP contribution in [0.1, 0.15) is 35.5 Å². The van der Waals surface area contributed by atoms with E-state index >= 15 is 0 Å². The Morgan fingerprint density at radius 1 is 0.861 bits per heavy atom. The summed E-state index contributed by atoms with van der Waals surface area (Å²) in [4.78, 5) is 29.3. The summed E-state index contributed by atoms with van der Waals surface area (Å²) in [7, 11) is 4.52. The molecule has 1 amide bonds. The third-order valence-corrected chi connectivity index (χ3v) is 5.39. The van der Waals surface area contributed by atoms with Gasteiger partial charge in [0.15, 0.2) is 17.2 Å². The molecular formula is C27H28N2O7. The summed E-state index contributed by atoms with van der Waals surface area (Å²) < 4.78 is 21.2. The van der Waals surface area contributed by atoms with Crippen molar-refractivity contribution in [3.8, 4) is 23.0 Å². The first-order valence-electron chi connectivity index (χ1n) is 11.0. The normalized spacial score (nSPS) is 11.1. The van der Waals surface area contributed by atoms with Crippen LogP contribution in [-0.4, -0.2) is 49.3 Å². The van der Waals surface area contributed by atoms with E-state index < -0.39 is 23.7 Å². The molecule has 0 bridgehead atoms. The highest BCUT2D eigenvalue weighted by Gasteiger charge is 2.24. The van der Waals surface area contributed by atoms with E-state index in [0.29, 0.717) is 22.8 Å². The number of ether oxygens (including phenoxy) is 4. The highest BCUT2D eigenvalue weighted by Crippen LogP contribution is 2.31. The number of nitrogens with one attached hydrogen (secondary N) is 1. The van der Waals surface area contributed by atoms with Gasteiger partial charge in [-0.1, -0.05) is 24.3 Å². The van der Waals surface area contributed by atoms with Gasteiger partial charge in [-0.25, -0.2) is 9.78 Å². The molecule has 2 aromatic carbocycles. The molecule has 9 heteroatoms. The molecule has 0 fully saturated rings. The zero-order chi connectivity index (χ0) is 26.2. The predicted octanol–water partition coefficient (Wildman–Crippen LogP) is 3.95. The minimum Gasteiger partial charge on any atom is -0.503 e. The van der Waals surface area contributed by atoms with E-state index in [9.17, 15) is 14.7 Å². The number of rotatable bonds is 9. The summed E-state index contributed by atoms with van der Waals surface area (Å²) in [6, 6.07) is 15.1. The van der Waals surface area contributed by atoms with Crippen LogP contribution in [0.2, 0.25) is 0 Å². The van der Waals surface area contributed by atoms with Crippen LogP contribution in [0.15, 0.2) is 66.6 Å². The molecule has 188 valence electrons. The number of pyridine rings is 1. The number of allylic oxidation sites excluding steroid dienone is 1. The summed E-state index contributed by atoms with van der Waals surface area (Å²) in [5, 5.41) is 12.7. The van der Waals surface area contributed by atoms with Gasteiger partial charge in [-0.05, 0) is 49.2 Å². The molecule has 0 aliphatic heterocycles. The van der Waals surface area contributed by atoms with Crippen LogP contribution in [0.5, 0.6) is 23.0 Å². The smallest absolute Gasteiger partial charge is 0.333 e. The van der Waals surface area contributed by atoms with Crippen molar-refractivity contribution in [1.29, 1.82) is 0 Å². The van der Waals surface area contributed by atoms with E-state index in [2.05, 4.69) is 10.3 Å². The van der Waals surface area contributed by atoms with Crippen molar-refractivity contribution in [2.45, 2.75) is 19.9 Å². The van der Waals surface area contributed by atoms with Crippen LogP contribution in [0.25, 0.3) is 5.57 Å². The quantitative estimate of drug-likeness (QED) is 0.341. The number of carbonyl (C=O) groups is 2. The molecule has 0 aliphatic carbocycles. The first-order chi connectivity index (χ1) is 17.3. The minimum atomic E-state index is -1.03. The third-order valence-electron chi connectivity index (χ3n) is 5.39. The van der Waals surface area contributed by atoms with Crippen molar-refractivity contribution in [2.24, 2.45) is 0 Å². The van der Waals surface area contributed by atoms with Gasteiger partial charge in [-0.3, -0.25) is 4.79 Å². The molecule has 3 rings (SSSR count). The summed E-state index contributed by atoms with van der Waals surface area (Å²) in [6.07, 6.45) is 1.32. The number of aromatic hydroxyl groups is 1. The lowest BCUT2D eigenvalue weighted by atomic mass is 9.96. The van der Waals surface area contributed by atoms with Gasteiger partial charge in [-0.15, -0.1) is 0 Å². The second-order valence-corrected chi connectivity index (χ2v) is 7.71. The first kappa shape index (κ1) is 26.1. The van der Waals surface area contributed by atoms with Gasteiger partial charge < -0.3 is 29.4 Å².